The second kappa shape index (κ2) is 5.07. The molecule has 1 atom stereocenters. The fourth-order valence-electron chi connectivity index (χ4n) is 2.30. The quantitative estimate of drug-likeness (QED) is 0.888. The number of pyridine rings is 1. The average molecular weight is 304 g/mol. The van der Waals surface area contributed by atoms with Gasteiger partial charge in [-0.05, 0) is 12.5 Å². The lowest BCUT2D eigenvalue weighted by Gasteiger charge is -2.20. The van der Waals surface area contributed by atoms with Gasteiger partial charge in [0.25, 0.3) is 0 Å². The largest absolute Gasteiger partial charge is 0.310 e. The number of carbonyl (C=O) groups is 1. The van der Waals surface area contributed by atoms with Crippen molar-refractivity contribution in [3.63, 3.8) is 0 Å². The molecule has 2 heterocycles. The molecule has 19 heavy (non-hydrogen) atoms. The van der Waals surface area contributed by atoms with Crippen molar-refractivity contribution in [2.45, 2.75) is 13.3 Å². The Morgan fingerprint density at radius 3 is 2.79 bits per heavy atom. The predicted octanol–water partition coefficient (Wildman–Crippen LogP) is 0.685. The molecule has 0 spiro atoms. The lowest BCUT2D eigenvalue weighted by atomic mass is 10.1. The molecule has 2 rings (SSSR count). The van der Waals surface area contributed by atoms with Crippen LogP contribution in [0.1, 0.15) is 12.0 Å². The normalized spacial score (nSPS) is 20.1. The molecule has 1 amide bonds. The van der Waals surface area contributed by atoms with Gasteiger partial charge in [0.2, 0.25) is 15.9 Å². The molecule has 1 aromatic rings. The summed E-state index contributed by atoms with van der Waals surface area (Å²) in [6, 6.07) is 0. The maximum absolute atomic E-state index is 12.0. The number of nitrogens with two attached hydrogens (primary N) is 1. The number of anilines is 1. The number of amides is 1. The van der Waals surface area contributed by atoms with Gasteiger partial charge in [-0.15, -0.1) is 0 Å². The van der Waals surface area contributed by atoms with E-state index in [0.717, 1.165) is 5.56 Å². The van der Waals surface area contributed by atoms with E-state index in [0.29, 0.717) is 17.3 Å². The predicted molar refractivity (Wildman–Crippen MR) is 72.4 cm³/mol. The number of aromatic nitrogens is 1. The van der Waals surface area contributed by atoms with Gasteiger partial charge in [0.05, 0.1) is 16.5 Å². The molecule has 1 unspecified atom stereocenters. The molecule has 1 fully saturated rings. The van der Waals surface area contributed by atoms with Gasteiger partial charge in [-0.3, -0.25) is 9.78 Å². The van der Waals surface area contributed by atoms with Crippen LogP contribution < -0.4 is 10.0 Å². The van der Waals surface area contributed by atoms with Crippen LogP contribution in [0.25, 0.3) is 0 Å². The Bertz CT molecular complexity index is 597. The molecular formula is C11H14ClN3O3S. The number of halogens is 1. The number of sulfonamides is 1. The van der Waals surface area contributed by atoms with Crippen LogP contribution in [0.2, 0.25) is 5.02 Å². The van der Waals surface area contributed by atoms with Crippen molar-refractivity contribution in [2.75, 3.05) is 17.2 Å². The van der Waals surface area contributed by atoms with Gasteiger partial charge >= 0.3 is 0 Å². The van der Waals surface area contributed by atoms with Gasteiger partial charge in [0.15, 0.2) is 0 Å². The average Bonchev–Trinajstić information content (AvgIpc) is 2.56. The minimum absolute atomic E-state index is 0.148. The molecule has 2 N–H and O–H groups in total. The van der Waals surface area contributed by atoms with Gasteiger partial charge in [0.1, 0.15) is 0 Å². The third-order valence-corrected chi connectivity index (χ3v) is 4.21. The maximum atomic E-state index is 12.0. The molecule has 104 valence electrons. The van der Waals surface area contributed by atoms with Crippen LogP contribution in [0.15, 0.2) is 12.4 Å². The summed E-state index contributed by atoms with van der Waals surface area (Å²) >= 11 is 6.06. The van der Waals surface area contributed by atoms with Crippen molar-refractivity contribution in [1.82, 2.24) is 4.98 Å². The molecule has 1 aliphatic heterocycles. The second-order valence-corrected chi connectivity index (χ2v) is 6.76. The van der Waals surface area contributed by atoms with Crippen LogP contribution in [-0.4, -0.2) is 31.6 Å². The first kappa shape index (κ1) is 14.2. The molecule has 0 bridgehead atoms. The first-order chi connectivity index (χ1) is 8.78. The van der Waals surface area contributed by atoms with Crippen LogP contribution in [0.3, 0.4) is 0 Å². The van der Waals surface area contributed by atoms with E-state index >= 15 is 0 Å². The van der Waals surface area contributed by atoms with E-state index in [1.807, 2.05) is 0 Å². The maximum Gasteiger partial charge on any atom is 0.227 e. The van der Waals surface area contributed by atoms with E-state index in [-0.39, 0.29) is 24.0 Å². The van der Waals surface area contributed by atoms with Crippen molar-refractivity contribution < 1.29 is 13.2 Å². The molecule has 0 radical (unpaired) electrons. The molecular weight excluding hydrogens is 290 g/mol. The highest BCUT2D eigenvalue weighted by atomic mass is 35.5. The summed E-state index contributed by atoms with van der Waals surface area (Å²) < 4.78 is 22.2. The van der Waals surface area contributed by atoms with E-state index in [4.69, 9.17) is 16.7 Å². The van der Waals surface area contributed by atoms with Crippen LogP contribution in [0.4, 0.5) is 5.69 Å². The van der Waals surface area contributed by atoms with E-state index in [1.165, 1.54) is 11.1 Å². The molecule has 6 nitrogen and oxygen atoms in total. The first-order valence-electron chi connectivity index (χ1n) is 5.69. The summed E-state index contributed by atoms with van der Waals surface area (Å²) in [5, 5.41) is 5.39. The zero-order chi connectivity index (χ0) is 14.2. The van der Waals surface area contributed by atoms with Crippen molar-refractivity contribution in [1.29, 1.82) is 0 Å². The van der Waals surface area contributed by atoms with Crippen LogP contribution in [0, 0.1) is 12.8 Å². The third kappa shape index (κ3) is 3.23. The lowest BCUT2D eigenvalue weighted by Crippen LogP contribution is -2.28. The zero-order valence-corrected chi connectivity index (χ0v) is 11.9. The number of aryl methyl sites for hydroxylation is 1. The van der Waals surface area contributed by atoms with Crippen molar-refractivity contribution in [3.05, 3.63) is 23.0 Å². The number of hydrogen-bond donors (Lipinski definition) is 1. The number of hydrogen-bond acceptors (Lipinski definition) is 4. The number of nitrogens with zero attached hydrogens (tertiary/aromatic N) is 2. The zero-order valence-electron chi connectivity index (χ0n) is 10.3. The smallest absolute Gasteiger partial charge is 0.227 e. The second-order valence-electron chi connectivity index (χ2n) is 4.69. The van der Waals surface area contributed by atoms with Gasteiger partial charge in [-0.1, -0.05) is 11.6 Å². The van der Waals surface area contributed by atoms with Crippen molar-refractivity contribution in [2.24, 2.45) is 11.1 Å². The molecule has 1 aliphatic rings. The van der Waals surface area contributed by atoms with Crippen molar-refractivity contribution >= 4 is 33.2 Å². The number of primary sulfonamides is 1. The lowest BCUT2D eigenvalue weighted by molar-refractivity contribution is -0.117. The summed E-state index contributed by atoms with van der Waals surface area (Å²) in [5.41, 5.74) is 1.37. The van der Waals surface area contributed by atoms with E-state index < -0.39 is 10.0 Å². The Labute approximate surface area is 116 Å². The summed E-state index contributed by atoms with van der Waals surface area (Å²) in [5.74, 6) is -0.646. The summed E-state index contributed by atoms with van der Waals surface area (Å²) in [6.07, 6.45) is 3.24. The van der Waals surface area contributed by atoms with E-state index in [2.05, 4.69) is 4.98 Å². The SMILES string of the molecule is Cc1cncc(Cl)c1N1CC(CS(N)(=O)=O)CC1=O. The Morgan fingerprint density at radius 1 is 1.53 bits per heavy atom. The highest BCUT2D eigenvalue weighted by Crippen LogP contribution is 2.33. The topological polar surface area (TPSA) is 93.4 Å². The van der Waals surface area contributed by atoms with Gasteiger partial charge in [0, 0.05) is 31.3 Å². The molecule has 0 aromatic carbocycles. The monoisotopic (exact) mass is 303 g/mol. The van der Waals surface area contributed by atoms with Crippen LogP contribution >= 0.6 is 11.6 Å². The first-order valence-corrected chi connectivity index (χ1v) is 7.78. The molecule has 8 heteroatoms. The van der Waals surface area contributed by atoms with Crippen LogP contribution in [-0.2, 0) is 14.8 Å². The Morgan fingerprint density at radius 2 is 2.21 bits per heavy atom. The highest BCUT2D eigenvalue weighted by molar-refractivity contribution is 7.89. The fourth-order valence-corrected chi connectivity index (χ4v) is 3.49. The Hall–Kier alpha value is -1.18. The molecule has 0 saturated carbocycles. The number of carbonyl (C=O) groups excluding carboxylic acids is 1. The Kier molecular flexibility index (Phi) is 3.80. The summed E-state index contributed by atoms with van der Waals surface area (Å²) in [6.45, 7) is 2.11. The minimum Gasteiger partial charge on any atom is -0.310 e. The molecule has 1 saturated heterocycles. The molecule has 1 aromatic heterocycles. The standard InChI is InChI=1S/C11H14ClN3O3S/c1-7-3-14-4-9(12)11(7)15-5-8(2-10(15)16)6-19(13,17)18/h3-4,8H,2,5-6H2,1H3,(H2,13,17,18). The number of rotatable bonds is 3. The van der Waals surface area contributed by atoms with E-state index in [9.17, 15) is 13.2 Å². The van der Waals surface area contributed by atoms with Crippen LogP contribution in [0.5, 0.6) is 0 Å². The fraction of sp³-hybridized carbons (Fsp3) is 0.455. The summed E-state index contributed by atoms with van der Waals surface area (Å²) in [7, 11) is -3.58. The Balaban J connectivity index is 2.26. The minimum atomic E-state index is -3.58. The van der Waals surface area contributed by atoms with Crippen molar-refractivity contribution in [3.8, 4) is 0 Å². The molecule has 0 aliphatic carbocycles. The highest BCUT2D eigenvalue weighted by Gasteiger charge is 2.34. The summed E-state index contributed by atoms with van der Waals surface area (Å²) in [4.78, 5) is 17.4. The van der Waals surface area contributed by atoms with Gasteiger partial charge < -0.3 is 4.90 Å². The van der Waals surface area contributed by atoms with Gasteiger partial charge in [-0.2, -0.15) is 0 Å². The van der Waals surface area contributed by atoms with E-state index in [1.54, 1.807) is 13.1 Å². The third-order valence-electron chi connectivity index (χ3n) is 3.00. The van der Waals surface area contributed by atoms with Gasteiger partial charge in [-0.25, -0.2) is 13.6 Å².